The Morgan fingerprint density at radius 3 is 2.81 bits per heavy atom. The highest BCUT2D eigenvalue weighted by atomic mass is 79.9. The maximum atomic E-state index is 13.6. The van der Waals surface area contributed by atoms with E-state index in [1.165, 1.54) is 0 Å². The third kappa shape index (κ3) is 3.05. The number of aromatic amines is 1. The van der Waals surface area contributed by atoms with Gasteiger partial charge in [0.25, 0.3) is 0 Å². The molecule has 0 amide bonds. The van der Waals surface area contributed by atoms with E-state index < -0.39 is 13.2 Å². The largest absolute Gasteiger partial charge is 0.437 e. The van der Waals surface area contributed by atoms with Crippen LogP contribution in [0.1, 0.15) is 18.3 Å². The van der Waals surface area contributed by atoms with Crippen LogP contribution in [-0.2, 0) is 0 Å². The number of benzene rings is 1. The van der Waals surface area contributed by atoms with Crippen LogP contribution in [0.2, 0.25) is 6.82 Å². The molecule has 110 valence electrons. The van der Waals surface area contributed by atoms with Gasteiger partial charge in [-0.1, -0.05) is 28.1 Å². The molecule has 2 atom stereocenters. The summed E-state index contributed by atoms with van der Waals surface area (Å²) in [5.41, 5.74) is 1.92. The second-order valence-electron chi connectivity index (χ2n) is 5.37. The number of hydrogen-bond acceptors (Lipinski definition) is 3. The summed E-state index contributed by atoms with van der Waals surface area (Å²) < 4.78 is 14.7. The SMILES string of the molecule is CB(O)N1C[C@H](F)C[C@H]1c1ncc(-c2ccc(Br)cc2)[nH]1. The highest BCUT2D eigenvalue weighted by Gasteiger charge is 2.38. The molecule has 1 fully saturated rings. The molecule has 3 rings (SSSR count). The Hall–Kier alpha value is -1.18. The van der Waals surface area contributed by atoms with E-state index in [0.29, 0.717) is 12.2 Å². The summed E-state index contributed by atoms with van der Waals surface area (Å²) in [5, 5.41) is 9.77. The highest BCUT2D eigenvalue weighted by Crippen LogP contribution is 2.33. The van der Waals surface area contributed by atoms with Crippen molar-refractivity contribution in [2.45, 2.75) is 25.5 Å². The van der Waals surface area contributed by atoms with Crippen LogP contribution in [0.4, 0.5) is 4.39 Å². The zero-order valence-corrected chi connectivity index (χ0v) is 13.2. The number of halogens is 2. The molecule has 0 bridgehead atoms. The van der Waals surface area contributed by atoms with Gasteiger partial charge in [-0.2, -0.15) is 0 Å². The van der Waals surface area contributed by atoms with Gasteiger partial charge in [0, 0.05) is 17.4 Å². The maximum absolute atomic E-state index is 13.6. The van der Waals surface area contributed by atoms with E-state index in [2.05, 4.69) is 25.9 Å². The Balaban J connectivity index is 1.86. The van der Waals surface area contributed by atoms with Crippen molar-refractivity contribution < 1.29 is 9.41 Å². The van der Waals surface area contributed by atoms with Gasteiger partial charge in [0.15, 0.2) is 0 Å². The Morgan fingerprint density at radius 1 is 1.43 bits per heavy atom. The van der Waals surface area contributed by atoms with E-state index in [1.807, 2.05) is 24.3 Å². The van der Waals surface area contributed by atoms with Crippen molar-refractivity contribution in [2.24, 2.45) is 0 Å². The van der Waals surface area contributed by atoms with Gasteiger partial charge >= 0.3 is 7.05 Å². The fraction of sp³-hybridized carbons (Fsp3) is 0.357. The third-order valence-corrected chi connectivity index (χ3v) is 4.36. The molecule has 1 aliphatic heterocycles. The van der Waals surface area contributed by atoms with Gasteiger partial charge in [-0.3, -0.25) is 0 Å². The molecule has 1 aliphatic rings. The second-order valence-corrected chi connectivity index (χ2v) is 6.28. The summed E-state index contributed by atoms with van der Waals surface area (Å²) >= 11 is 3.41. The van der Waals surface area contributed by atoms with Crippen LogP contribution in [0.5, 0.6) is 0 Å². The molecule has 4 nitrogen and oxygen atoms in total. The van der Waals surface area contributed by atoms with Crippen LogP contribution < -0.4 is 0 Å². The Kier molecular flexibility index (Phi) is 4.15. The van der Waals surface area contributed by atoms with Crippen LogP contribution in [0, 0.1) is 0 Å². The first-order valence-electron chi connectivity index (χ1n) is 6.93. The van der Waals surface area contributed by atoms with Gasteiger partial charge in [0.05, 0.1) is 17.9 Å². The van der Waals surface area contributed by atoms with E-state index in [1.54, 1.807) is 17.8 Å². The lowest BCUT2D eigenvalue weighted by Gasteiger charge is -2.22. The first-order valence-corrected chi connectivity index (χ1v) is 7.72. The molecular weight excluding hydrogens is 336 g/mol. The predicted molar refractivity (Wildman–Crippen MR) is 84.5 cm³/mol. The summed E-state index contributed by atoms with van der Waals surface area (Å²) in [6.07, 6.45) is 1.19. The lowest BCUT2D eigenvalue weighted by atomic mass is 9.84. The maximum Gasteiger partial charge on any atom is 0.377 e. The average Bonchev–Trinajstić information content (AvgIpc) is 3.06. The fourth-order valence-electron chi connectivity index (χ4n) is 2.77. The summed E-state index contributed by atoms with van der Waals surface area (Å²) in [4.78, 5) is 9.36. The minimum atomic E-state index is -0.925. The van der Waals surface area contributed by atoms with E-state index in [4.69, 9.17) is 0 Å². The monoisotopic (exact) mass is 351 g/mol. The first kappa shape index (κ1) is 14.7. The zero-order chi connectivity index (χ0) is 15.0. The van der Waals surface area contributed by atoms with Gasteiger partial charge in [-0.15, -0.1) is 0 Å². The number of H-pyrrole nitrogens is 1. The van der Waals surface area contributed by atoms with Crippen LogP contribution >= 0.6 is 15.9 Å². The molecule has 0 saturated carbocycles. The molecule has 0 aliphatic carbocycles. The summed E-state index contributed by atoms with van der Waals surface area (Å²) in [6, 6.07) is 7.70. The standard InChI is InChI=1S/C14H16BBrFN3O/c1-15(21)20-8-11(17)6-13(20)14-18-7-12(19-14)9-2-4-10(16)5-3-9/h2-5,7,11,13,21H,6,8H2,1H3,(H,18,19)/t11-,13+/m1/s1. The number of imidazole rings is 1. The predicted octanol–water partition coefficient (Wildman–Crippen LogP) is 3.03. The topological polar surface area (TPSA) is 52.1 Å². The number of alkyl halides is 1. The van der Waals surface area contributed by atoms with E-state index in [-0.39, 0.29) is 12.6 Å². The molecule has 1 saturated heterocycles. The van der Waals surface area contributed by atoms with Crippen molar-refractivity contribution >= 4 is 23.0 Å². The Morgan fingerprint density at radius 2 is 2.14 bits per heavy atom. The summed E-state index contributed by atoms with van der Waals surface area (Å²) in [7, 11) is -0.683. The highest BCUT2D eigenvalue weighted by molar-refractivity contribution is 9.10. The second kappa shape index (κ2) is 5.91. The number of nitrogens with zero attached hydrogens (tertiary/aromatic N) is 2. The van der Waals surface area contributed by atoms with Crippen LogP contribution in [-0.4, -0.2) is 39.6 Å². The summed E-state index contributed by atoms with van der Waals surface area (Å²) in [5.74, 6) is 0.703. The summed E-state index contributed by atoms with van der Waals surface area (Å²) in [6.45, 7) is 1.90. The fourth-order valence-corrected chi connectivity index (χ4v) is 3.04. The van der Waals surface area contributed by atoms with Crippen LogP contribution in [0.3, 0.4) is 0 Å². The van der Waals surface area contributed by atoms with Gasteiger partial charge in [-0.05, 0) is 24.5 Å². The smallest absolute Gasteiger partial charge is 0.377 e. The van der Waals surface area contributed by atoms with Gasteiger partial charge in [0.2, 0.25) is 0 Å². The van der Waals surface area contributed by atoms with E-state index in [0.717, 1.165) is 15.7 Å². The quantitative estimate of drug-likeness (QED) is 0.836. The number of nitrogens with one attached hydrogen (secondary N) is 1. The third-order valence-electron chi connectivity index (χ3n) is 3.83. The minimum Gasteiger partial charge on any atom is -0.437 e. The molecule has 7 heteroatoms. The molecule has 2 aromatic rings. The molecule has 21 heavy (non-hydrogen) atoms. The van der Waals surface area contributed by atoms with Crippen molar-refractivity contribution in [3.05, 3.63) is 40.8 Å². The molecule has 0 unspecified atom stereocenters. The minimum absolute atomic E-state index is 0.204. The number of aromatic nitrogens is 2. The lowest BCUT2D eigenvalue weighted by molar-refractivity contribution is 0.322. The Labute approximate surface area is 131 Å². The first-order chi connectivity index (χ1) is 10.0. The van der Waals surface area contributed by atoms with Gasteiger partial charge < -0.3 is 14.8 Å². The normalized spacial score (nSPS) is 22.7. The van der Waals surface area contributed by atoms with Crippen molar-refractivity contribution in [3.63, 3.8) is 0 Å². The molecule has 0 spiro atoms. The molecule has 2 N–H and O–H groups in total. The number of hydrogen-bond donors (Lipinski definition) is 2. The van der Waals surface area contributed by atoms with E-state index in [9.17, 15) is 9.41 Å². The van der Waals surface area contributed by atoms with Crippen molar-refractivity contribution in [1.82, 2.24) is 14.8 Å². The molecular formula is C14H16BBrFN3O. The molecule has 2 heterocycles. The van der Waals surface area contributed by atoms with Crippen molar-refractivity contribution in [1.29, 1.82) is 0 Å². The van der Waals surface area contributed by atoms with E-state index >= 15 is 0 Å². The number of rotatable bonds is 3. The molecule has 0 radical (unpaired) electrons. The Bertz CT molecular complexity index is 619. The van der Waals surface area contributed by atoms with Crippen molar-refractivity contribution in [3.8, 4) is 11.3 Å². The zero-order valence-electron chi connectivity index (χ0n) is 11.6. The average molecular weight is 352 g/mol. The van der Waals surface area contributed by atoms with Crippen molar-refractivity contribution in [2.75, 3.05) is 6.54 Å². The molecule has 1 aromatic heterocycles. The van der Waals surface area contributed by atoms with Gasteiger partial charge in [0.1, 0.15) is 12.0 Å². The molecule has 1 aromatic carbocycles. The van der Waals surface area contributed by atoms with Crippen LogP contribution in [0.25, 0.3) is 11.3 Å². The van der Waals surface area contributed by atoms with Crippen LogP contribution in [0.15, 0.2) is 34.9 Å². The van der Waals surface area contributed by atoms with Gasteiger partial charge in [-0.25, -0.2) is 9.37 Å². The lowest BCUT2D eigenvalue weighted by Crippen LogP contribution is -2.37.